The number of furan rings is 1. The second kappa shape index (κ2) is 7.90. The van der Waals surface area contributed by atoms with Gasteiger partial charge in [0.25, 0.3) is 0 Å². The number of fused-ring (bicyclic) bond motifs is 2. The number of aryl methyl sites for hydroxylation is 2. The highest BCUT2D eigenvalue weighted by molar-refractivity contribution is 9.10. The van der Waals surface area contributed by atoms with E-state index in [-0.39, 0.29) is 18.3 Å². The smallest absolute Gasteiger partial charge is 0.232 e. The Hall–Kier alpha value is -3.03. The Morgan fingerprint density at radius 1 is 1.16 bits per heavy atom. The summed E-state index contributed by atoms with van der Waals surface area (Å²) in [6, 6.07) is 11.2. The predicted octanol–water partition coefficient (Wildman–Crippen LogP) is 5.72. The average Bonchev–Trinajstić information content (AvgIpc) is 3.29. The standard InChI is InChI=1S/C24H19BrO6/c1-13-5-19(28-11-16-7-17(25)6-15-10-27-12-29-24(15)16)9-20-22(13)23(26)21(31-20)8-18-4-3-14(2)30-18/h3-9H,10-12H2,1-2H3/b21-8-. The molecule has 3 heterocycles. The van der Waals surface area contributed by atoms with Crippen molar-refractivity contribution in [1.29, 1.82) is 0 Å². The summed E-state index contributed by atoms with van der Waals surface area (Å²) in [6.07, 6.45) is 1.61. The number of ketones is 1. The number of rotatable bonds is 4. The minimum Gasteiger partial charge on any atom is -0.489 e. The summed E-state index contributed by atoms with van der Waals surface area (Å²) in [4.78, 5) is 12.8. The van der Waals surface area contributed by atoms with Crippen molar-refractivity contribution in [2.24, 2.45) is 0 Å². The number of Topliss-reactive ketones (excluding diaryl/α,β-unsaturated/α-hetero) is 1. The third kappa shape index (κ3) is 3.86. The second-order valence-corrected chi connectivity index (χ2v) is 8.37. The first-order valence-electron chi connectivity index (χ1n) is 9.78. The molecule has 5 rings (SSSR count). The molecule has 0 amide bonds. The lowest BCUT2D eigenvalue weighted by molar-refractivity contribution is -0.0176. The van der Waals surface area contributed by atoms with Crippen molar-refractivity contribution in [3.8, 4) is 17.2 Å². The van der Waals surface area contributed by atoms with Crippen LogP contribution in [0.1, 0.15) is 38.6 Å². The third-order valence-electron chi connectivity index (χ3n) is 5.12. The summed E-state index contributed by atoms with van der Waals surface area (Å²) < 4.78 is 29.4. The second-order valence-electron chi connectivity index (χ2n) is 7.45. The number of benzene rings is 2. The highest BCUT2D eigenvalue weighted by Gasteiger charge is 2.30. The minimum absolute atomic E-state index is 0.164. The number of hydrogen-bond acceptors (Lipinski definition) is 6. The average molecular weight is 483 g/mol. The molecule has 1 aromatic heterocycles. The molecule has 2 aromatic carbocycles. The van der Waals surface area contributed by atoms with Crippen molar-refractivity contribution in [2.75, 3.05) is 6.79 Å². The largest absolute Gasteiger partial charge is 0.489 e. The Morgan fingerprint density at radius 3 is 2.84 bits per heavy atom. The molecular weight excluding hydrogens is 464 g/mol. The van der Waals surface area contributed by atoms with Crippen LogP contribution in [-0.4, -0.2) is 12.6 Å². The van der Waals surface area contributed by atoms with Gasteiger partial charge in [0.15, 0.2) is 12.6 Å². The van der Waals surface area contributed by atoms with Gasteiger partial charge in [-0.1, -0.05) is 15.9 Å². The summed E-state index contributed by atoms with van der Waals surface area (Å²) in [7, 11) is 0. The van der Waals surface area contributed by atoms with Gasteiger partial charge >= 0.3 is 0 Å². The molecule has 0 radical (unpaired) electrons. The predicted molar refractivity (Wildman–Crippen MR) is 116 cm³/mol. The zero-order valence-electron chi connectivity index (χ0n) is 17.0. The first kappa shape index (κ1) is 19.9. The quantitative estimate of drug-likeness (QED) is 0.443. The molecular formula is C24H19BrO6. The minimum atomic E-state index is -0.164. The van der Waals surface area contributed by atoms with Crippen LogP contribution in [0.4, 0.5) is 0 Å². The van der Waals surface area contributed by atoms with Gasteiger partial charge in [0.05, 0.1) is 12.2 Å². The summed E-state index contributed by atoms with van der Waals surface area (Å²) >= 11 is 3.52. The van der Waals surface area contributed by atoms with E-state index in [4.69, 9.17) is 23.4 Å². The van der Waals surface area contributed by atoms with E-state index in [0.29, 0.717) is 36.0 Å². The molecule has 6 nitrogen and oxygen atoms in total. The molecule has 2 aliphatic rings. The molecule has 0 fully saturated rings. The van der Waals surface area contributed by atoms with Crippen molar-refractivity contribution in [3.05, 3.63) is 80.4 Å². The van der Waals surface area contributed by atoms with Gasteiger partial charge in [0.1, 0.15) is 35.4 Å². The Kier molecular flexibility index (Phi) is 5.08. The summed E-state index contributed by atoms with van der Waals surface area (Å²) in [5.74, 6) is 3.30. The molecule has 0 saturated carbocycles. The van der Waals surface area contributed by atoms with Crippen LogP contribution in [0.3, 0.4) is 0 Å². The number of halogens is 1. The number of allylic oxidation sites excluding steroid dienone is 1. The van der Waals surface area contributed by atoms with Crippen LogP contribution in [0.15, 0.2) is 51.0 Å². The fraction of sp³-hybridized carbons (Fsp3) is 0.208. The Bertz CT molecular complexity index is 1220. The van der Waals surface area contributed by atoms with Gasteiger partial charge in [-0.05, 0) is 49.7 Å². The SMILES string of the molecule is Cc1ccc(/C=C2\Oc3cc(OCc4cc(Br)cc5c4OCOC5)cc(C)c3C2=O)o1. The van der Waals surface area contributed by atoms with Crippen LogP contribution in [0.5, 0.6) is 17.2 Å². The van der Waals surface area contributed by atoms with Crippen LogP contribution in [-0.2, 0) is 18.0 Å². The van der Waals surface area contributed by atoms with E-state index in [9.17, 15) is 4.79 Å². The van der Waals surface area contributed by atoms with Gasteiger partial charge in [0, 0.05) is 27.7 Å². The summed E-state index contributed by atoms with van der Waals surface area (Å²) in [5, 5.41) is 0. The molecule has 0 bridgehead atoms. The molecule has 0 atom stereocenters. The third-order valence-corrected chi connectivity index (χ3v) is 5.58. The molecule has 0 unspecified atom stereocenters. The van der Waals surface area contributed by atoms with Crippen LogP contribution in [0.2, 0.25) is 0 Å². The lowest BCUT2D eigenvalue weighted by Gasteiger charge is -2.21. The van der Waals surface area contributed by atoms with Crippen LogP contribution in [0.25, 0.3) is 6.08 Å². The lowest BCUT2D eigenvalue weighted by Crippen LogP contribution is -2.14. The molecule has 2 aliphatic heterocycles. The van der Waals surface area contributed by atoms with Gasteiger partial charge in [-0.15, -0.1) is 0 Å². The Morgan fingerprint density at radius 2 is 2.03 bits per heavy atom. The van der Waals surface area contributed by atoms with E-state index < -0.39 is 0 Å². The Labute approximate surface area is 187 Å². The van der Waals surface area contributed by atoms with Gasteiger partial charge in [-0.3, -0.25) is 4.79 Å². The maximum Gasteiger partial charge on any atom is 0.232 e. The molecule has 0 aliphatic carbocycles. The van der Waals surface area contributed by atoms with Crippen molar-refractivity contribution in [1.82, 2.24) is 0 Å². The number of ether oxygens (including phenoxy) is 4. The molecule has 0 spiro atoms. The van der Waals surface area contributed by atoms with Crippen molar-refractivity contribution in [2.45, 2.75) is 27.1 Å². The summed E-state index contributed by atoms with van der Waals surface area (Å²) in [6.45, 7) is 4.75. The first-order chi connectivity index (χ1) is 15.0. The van der Waals surface area contributed by atoms with Crippen LogP contribution < -0.4 is 14.2 Å². The first-order valence-corrected chi connectivity index (χ1v) is 10.6. The molecule has 31 heavy (non-hydrogen) atoms. The van der Waals surface area contributed by atoms with E-state index >= 15 is 0 Å². The number of hydrogen-bond donors (Lipinski definition) is 0. The monoisotopic (exact) mass is 482 g/mol. The van der Waals surface area contributed by atoms with E-state index in [1.165, 1.54) is 0 Å². The molecule has 7 heteroatoms. The van der Waals surface area contributed by atoms with E-state index in [0.717, 1.165) is 32.7 Å². The van der Waals surface area contributed by atoms with E-state index in [1.807, 2.05) is 38.1 Å². The fourth-order valence-corrected chi connectivity index (χ4v) is 4.30. The van der Waals surface area contributed by atoms with Crippen LogP contribution >= 0.6 is 15.9 Å². The molecule has 0 N–H and O–H groups in total. The summed E-state index contributed by atoms with van der Waals surface area (Å²) in [5.41, 5.74) is 3.22. The van der Waals surface area contributed by atoms with Crippen molar-refractivity contribution < 1.29 is 28.2 Å². The normalized spacial score (nSPS) is 16.0. The van der Waals surface area contributed by atoms with Crippen molar-refractivity contribution in [3.63, 3.8) is 0 Å². The zero-order valence-corrected chi connectivity index (χ0v) is 18.6. The highest BCUT2D eigenvalue weighted by atomic mass is 79.9. The van der Waals surface area contributed by atoms with Gasteiger partial charge in [0.2, 0.25) is 5.78 Å². The van der Waals surface area contributed by atoms with Gasteiger partial charge in [-0.2, -0.15) is 0 Å². The molecule has 3 aromatic rings. The van der Waals surface area contributed by atoms with Crippen molar-refractivity contribution >= 4 is 27.8 Å². The van der Waals surface area contributed by atoms with Gasteiger partial charge < -0.3 is 23.4 Å². The van der Waals surface area contributed by atoms with E-state index in [2.05, 4.69) is 15.9 Å². The molecule has 158 valence electrons. The zero-order chi connectivity index (χ0) is 21.5. The number of carbonyl (C=O) groups excluding carboxylic acids is 1. The maximum atomic E-state index is 12.8. The Balaban J connectivity index is 1.39. The molecule has 0 saturated heterocycles. The number of carbonyl (C=O) groups is 1. The van der Waals surface area contributed by atoms with Gasteiger partial charge in [-0.25, -0.2) is 0 Å². The highest BCUT2D eigenvalue weighted by Crippen LogP contribution is 2.38. The topological polar surface area (TPSA) is 67.1 Å². The van der Waals surface area contributed by atoms with Crippen LogP contribution in [0, 0.1) is 13.8 Å². The fourth-order valence-electron chi connectivity index (χ4n) is 3.75. The maximum absolute atomic E-state index is 12.8. The van der Waals surface area contributed by atoms with E-state index in [1.54, 1.807) is 18.2 Å². The lowest BCUT2D eigenvalue weighted by atomic mass is 10.0.